The molecule has 0 saturated heterocycles. The molecule has 4 nitrogen and oxygen atoms in total. The minimum atomic E-state index is 0. The SMILES string of the molecule is COc1ccc(-[n+]2c3ccc4cc(OC)ccc4c3cc3c4ccc(OC)cc4ccc32)cc1.[Cl-]. The van der Waals surface area contributed by atoms with Crippen LogP contribution in [0.15, 0.2) is 91.0 Å². The Balaban J connectivity index is 0.00000253. The van der Waals surface area contributed by atoms with Gasteiger partial charge in [0.05, 0.1) is 32.1 Å². The Bertz CT molecular complexity index is 1610. The minimum Gasteiger partial charge on any atom is -1.00 e. The summed E-state index contributed by atoms with van der Waals surface area (Å²) >= 11 is 0. The highest BCUT2D eigenvalue weighted by atomic mass is 35.5. The number of aromatic nitrogens is 1. The maximum atomic E-state index is 5.47. The summed E-state index contributed by atoms with van der Waals surface area (Å²) in [5, 5.41) is 7.04. The second-order valence-electron chi connectivity index (χ2n) is 8.35. The first kappa shape index (κ1) is 22.8. The van der Waals surface area contributed by atoms with Gasteiger partial charge in [-0.15, -0.1) is 0 Å². The van der Waals surface area contributed by atoms with Crippen molar-refractivity contribution in [2.24, 2.45) is 0 Å². The fourth-order valence-corrected chi connectivity index (χ4v) is 4.87. The lowest BCUT2D eigenvalue weighted by Crippen LogP contribution is -3.00. The second-order valence-corrected chi connectivity index (χ2v) is 8.35. The molecule has 0 saturated carbocycles. The van der Waals surface area contributed by atoms with Gasteiger partial charge in [0.1, 0.15) is 17.2 Å². The zero-order chi connectivity index (χ0) is 23.2. The number of rotatable bonds is 4. The summed E-state index contributed by atoms with van der Waals surface area (Å²) in [7, 11) is 5.10. The Kier molecular flexibility index (Phi) is 5.83. The van der Waals surface area contributed by atoms with Gasteiger partial charge in [-0.05, 0) is 88.3 Å². The van der Waals surface area contributed by atoms with Gasteiger partial charge in [0.25, 0.3) is 0 Å². The molecule has 0 aliphatic heterocycles. The van der Waals surface area contributed by atoms with Crippen LogP contribution in [0.2, 0.25) is 0 Å². The number of benzene rings is 5. The van der Waals surface area contributed by atoms with Crippen molar-refractivity contribution in [2.75, 3.05) is 21.3 Å². The highest BCUT2D eigenvalue weighted by Crippen LogP contribution is 2.34. The summed E-state index contributed by atoms with van der Waals surface area (Å²) in [5.41, 5.74) is 3.36. The monoisotopic (exact) mass is 481 g/mol. The van der Waals surface area contributed by atoms with Crippen molar-refractivity contribution in [3.63, 3.8) is 0 Å². The number of pyridine rings is 1. The third-order valence-electron chi connectivity index (χ3n) is 6.59. The number of hydrogen-bond donors (Lipinski definition) is 0. The average Bonchev–Trinajstić information content (AvgIpc) is 2.90. The molecule has 0 amide bonds. The third kappa shape index (κ3) is 3.67. The van der Waals surface area contributed by atoms with Gasteiger partial charge in [-0.1, -0.05) is 0 Å². The van der Waals surface area contributed by atoms with Gasteiger partial charge < -0.3 is 26.6 Å². The molecule has 6 aromatic rings. The van der Waals surface area contributed by atoms with Gasteiger partial charge >= 0.3 is 0 Å². The molecule has 0 N–H and O–H groups in total. The lowest BCUT2D eigenvalue weighted by Gasteiger charge is -2.11. The maximum Gasteiger partial charge on any atom is 0.219 e. The normalized spacial score (nSPS) is 11.1. The topological polar surface area (TPSA) is 31.6 Å². The number of fused-ring (bicyclic) bond motifs is 6. The number of nitrogens with zero attached hydrogens (tertiary/aromatic N) is 1. The summed E-state index contributed by atoms with van der Waals surface area (Å²) in [6.07, 6.45) is 0. The maximum absolute atomic E-state index is 5.47. The first-order valence-electron chi connectivity index (χ1n) is 11.2. The lowest BCUT2D eigenvalue weighted by molar-refractivity contribution is -0.537. The number of ether oxygens (including phenoxy) is 3. The summed E-state index contributed by atoms with van der Waals surface area (Å²) in [4.78, 5) is 0. The van der Waals surface area contributed by atoms with Crippen molar-refractivity contribution >= 4 is 43.4 Å². The van der Waals surface area contributed by atoms with E-state index in [1.807, 2.05) is 24.3 Å². The van der Waals surface area contributed by atoms with Crippen molar-refractivity contribution < 1.29 is 31.2 Å². The van der Waals surface area contributed by atoms with E-state index in [1.165, 1.54) is 21.5 Å². The van der Waals surface area contributed by atoms with Crippen LogP contribution < -0.4 is 31.2 Å². The average molecular weight is 482 g/mol. The highest BCUT2D eigenvalue weighted by molar-refractivity contribution is 6.13. The molecule has 5 heteroatoms. The number of methoxy groups -OCH3 is 3. The quantitative estimate of drug-likeness (QED) is 0.219. The molecule has 174 valence electrons. The molecule has 0 aliphatic rings. The van der Waals surface area contributed by atoms with Crippen molar-refractivity contribution in [2.45, 2.75) is 0 Å². The Morgan fingerprint density at radius 2 is 0.914 bits per heavy atom. The molecule has 0 aliphatic carbocycles. The summed E-state index contributed by atoms with van der Waals surface area (Å²) < 4.78 is 18.7. The van der Waals surface area contributed by atoms with Crippen LogP contribution in [-0.2, 0) is 0 Å². The van der Waals surface area contributed by atoms with Gasteiger partial charge in [-0.25, -0.2) is 0 Å². The molecule has 35 heavy (non-hydrogen) atoms. The molecular weight excluding hydrogens is 458 g/mol. The third-order valence-corrected chi connectivity index (χ3v) is 6.59. The van der Waals surface area contributed by atoms with Gasteiger partial charge in [-0.2, -0.15) is 4.57 Å². The van der Waals surface area contributed by atoms with Crippen LogP contribution in [0.4, 0.5) is 0 Å². The predicted octanol–water partition coefficient (Wildman–Crippen LogP) is 3.61. The molecule has 0 spiro atoms. The molecule has 1 aromatic heterocycles. The fourth-order valence-electron chi connectivity index (χ4n) is 4.87. The first-order valence-corrected chi connectivity index (χ1v) is 11.2. The molecule has 0 bridgehead atoms. The smallest absolute Gasteiger partial charge is 0.219 e. The fraction of sp³-hybridized carbons (Fsp3) is 0.100. The highest BCUT2D eigenvalue weighted by Gasteiger charge is 2.21. The lowest BCUT2D eigenvalue weighted by atomic mass is 9.99. The first-order chi connectivity index (χ1) is 16.7. The molecule has 0 unspecified atom stereocenters. The Hall–Kier alpha value is -4.02. The van der Waals surface area contributed by atoms with Crippen LogP contribution in [0.1, 0.15) is 0 Å². The zero-order valence-corrected chi connectivity index (χ0v) is 20.5. The van der Waals surface area contributed by atoms with Gasteiger partial charge in [0, 0.05) is 24.3 Å². The molecule has 6 rings (SSSR count). The van der Waals surface area contributed by atoms with Gasteiger partial charge in [0.15, 0.2) is 0 Å². The van der Waals surface area contributed by atoms with Crippen molar-refractivity contribution in [3.8, 4) is 22.9 Å². The molecule has 0 radical (unpaired) electrons. The van der Waals surface area contributed by atoms with Gasteiger partial charge in [-0.3, -0.25) is 0 Å². The molecule has 0 atom stereocenters. The van der Waals surface area contributed by atoms with Crippen LogP contribution in [-0.4, -0.2) is 21.3 Å². The summed E-state index contributed by atoms with van der Waals surface area (Å²) in [6, 6.07) is 31.8. The van der Waals surface area contributed by atoms with Crippen LogP contribution in [0, 0.1) is 0 Å². The van der Waals surface area contributed by atoms with E-state index in [0.717, 1.165) is 44.7 Å². The van der Waals surface area contributed by atoms with E-state index >= 15 is 0 Å². The summed E-state index contributed by atoms with van der Waals surface area (Å²) in [6.45, 7) is 0. The zero-order valence-electron chi connectivity index (χ0n) is 19.7. The van der Waals surface area contributed by atoms with Crippen LogP contribution in [0.5, 0.6) is 17.2 Å². The van der Waals surface area contributed by atoms with Gasteiger partial charge in [0.2, 0.25) is 16.7 Å². The van der Waals surface area contributed by atoms with Crippen LogP contribution in [0.25, 0.3) is 49.0 Å². The molecule has 0 fully saturated rings. The molecule has 1 heterocycles. The van der Waals surface area contributed by atoms with Crippen LogP contribution in [0.3, 0.4) is 0 Å². The Morgan fingerprint density at radius 3 is 1.37 bits per heavy atom. The van der Waals surface area contributed by atoms with E-state index in [-0.39, 0.29) is 12.4 Å². The van der Waals surface area contributed by atoms with E-state index in [4.69, 9.17) is 14.2 Å². The Labute approximate surface area is 209 Å². The van der Waals surface area contributed by atoms with Crippen molar-refractivity contribution in [1.29, 1.82) is 0 Å². The number of hydrogen-bond acceptors (Lipinski definition) is 3. The second kappa shape index (κ2) is 8.97. The predicted molar refractivity (Wildman–Crippen MR) is 138 cm³/mol. The van der Waals surface area contributed by atoms with E-state index < -0.39 is 0 Å². The van der Waals surface area contributed by atoms with Crippen molar-refractivity contribution in [1.82, 2.24) is 0 Å². The van der Waals surface area contributed by atoms with E-state index in [2.05, 4.69) is 71.3 Å². The standard InChI is InChI=1S/C30H24NO3.ClH/c1-32-22-8-6-21(7-9-22)31-29-14-4-19-16-23(33-2)10-12-25(19)27(29)18-28-26-13-11-24(34-3)17-20(26)5-15-30(28)31;/h4-18H,1-3H3;1H/q+1;/p-1. The van der Waals surface area contributed by atoms with Crippen molar-refractivity contribution in [3.05, 3.63) is 91.0 Å². The Morgan fingerprint density at radius 1 is 0.457 bits per heavy atom. The van der Waals surface area contributed by atoms with E-state index in [1.54, 1.807) is 21.3 Å². The van der Waals surface area contributed by atoms with Crippen LogP contribution >= 0.6 is 0 Å². The van der Waals surface area contributed by atoms with E-state index in [0.29, 0.717) is 0 Å². The minimum absolute atomic E-state index is 0. The number of halogens is 1. The summed E-state index contributed by atoms with van der Waals surface area (Å²) in [5.74, 6) is 2.55. The molecular formula is C30H24ClNO3. The van der Waals surface area contributed by atoms with E-state index in [9.17, 15) is 0 Å². The largest absolute Gasteiger partial charge is 1.00 e. The molecule has 5 aromatic carbocycles.